The summed E-state index contributed by atoms with van der Waals surface area (Å²) in [5, 5.41) is 10.6. The molecule has 9 fully saturated rings. The zero-order chi connectivity index (χ0) is 36.6. The number of esters is 4. The van der Waals surface area contributed by atoms with Crippen molar-refractivity contribution in [2.75, 3.05) is 6.61 Å². The highest BCUT2D eigenvalue weighted by Crippen LogP contribution is 2.60. The van der Waals surface area contributed by atoms with Crippen molar-refractivity contribution in [1.82, 2.24) is 0 Å². The van der Waals surface area contributed by atoms with Gasteiger partial charge >= 0.3 is 23.9 Å². The van der Waals surface area contributed by atoms with E-state index in [1.54, 1.807) is 13.8 Å². The number of hydrogen-bond acceptors (Lipinski definition) is 9. The fourth-order valence-corrected chi connectivity index (χ4v) is 10.5. The Labute approximate surface area is 300 Å². The summed E-state index contributed by atoms with van der Waals surface area (Å²) in [5.41, 5.74) is -1.55. The van der Waals surface area contributed by atoms with Crippen LogP contribution in [0.5, 0.6) is 0 Å². The van der Waals surface area contributed by atoms with Gasteiger partial charge in [-0.3, -0.25) is 14.4 Å². The molecule has 5 atom stereocenters. The van der Waals surface area contributed by atoms with Gasteiger partial charge in [0, 0.05) is 12.8 Å². The average molecular weight is 703 g/mol. The van der Waals surface area contributed by atoms with Gasteiger partial charge in [-0.25, -0.2) is 4.79 Å². The lowest BCUT2D eigenvalue weighted by Gasteiger charge is -2.59. The molecule has 9 heteroatoms. The molecule has 9 aliphatic rings. The molecular weight excluding hydrogens is 636 g/mol. The zero-order valence-electron chi connectivity index (χ0n) is 32.2. The number of carbonyl (C=O) groups is 4. The SMILES string of the molecule is CCC(C)(C)C(=O)OC1CCOC1=O.CCC(C)C(=O)OC1(C)C2CC3CC(C2)CC1C3.CCC(C)C(=O)OC12CC3CC(CC(O)(C3)C1)C2. The zero-order valence-corrected chi connectivity index (χ0v) is 32.2. The molecule has 0 aromatic heterocycles. The fourth-order valence-electron chi connectivity index (χ4n) is 10.5. The van der Waals surface area contributed by atoms with E-state index in [-0.39, 0.29) is 40.9 Å². The van der Waals surface area contributed by atoms with Crippen LogP contribution in [0.3, 0.4) is 0 Å². The molecule has 1 aliphatic heterocycles. The quantitative estimate of drug-likeness (QED) is 0.190. The van der Waals surface area contributed by atoms with Crippen molar-refractivity contribution in [3.8, 4) is 0 Å². The van der Waals surface area contributed by atoms with E-state index >= 15 is 0 Å². The number of cyclic esters (lactones) is 1. The van der Waals surface area contributed by atoms with Gasteiger partial charge in [0.2, 0.25) is 6.10 Å². The molecule has 1 saturated heterocycles. The van der Waals surface area contributed by atoms with Crippen LogP contribution in [0.4, 0.5) is 0 Å². The first-order valence-electron chi connectivity index (χ1n) is 20.0. The Kier molecular flexibility index (Phi) is 11.8. The molecule has 284 valence electrons. The van der Waals surface area contributed by atoms with E-state index in [0.717, 1.165) is 50.4 Å². The van der Waals surface area contributed by atoms with Gasteiger partial charge in [-0.05, 0) is 140 Å². The van der Waals surface area contributed by atoms with Gasteiger partial charge in [0.05, 0.1) is 29.5 Å². The minimum absolute atomic E-state index is 0.0207. The first-order chi connectivity index (χ1) is 23.4. The van der Waals surface area contributed by atoms with Gasteiger partial charge in [0.15, 0.2) is 0 Å². The van der Waals surface area contributed by atoms with Crippen LogP contribution in [-0.2, 0) is 38.1 Å². The molecule has 0 radical (unpaired) electrons. The minimum atomic E-state index is -0.687. The minimum Gasteiger partial charge on any atom is -0.463 e. The van der Waals surface area contributed by atoms with Gasteiger partial charge < -0.3 is 24.1 Å². The van der Waals surface area contributed by atoms with Crippen LogP contribution in [0.1, 0.15) is 152 Å². The Morgan fingerprint density at radius 1 is 0.820 bits per heavy atom. The molecule has 0 spiro atoms. The van der Waals surface area contributed by atoms with Crippen LogP contribution >= 0.6 is 0 Å². The van der Waals surface area contributed by atoms with Crippen LogP contribution in [0.2, 0.25) is 0 Å². The smallest absolute Gasteiger partial charge is 0.347 e. The Bertz CT molecular complexity index is 1210. The maximum absolute atomic E-state index is 12.1. The van der Waals surface area contributed by atoms with Gasteiger partial charge in [0.25, 0.3) is 0 Å². The molecule has 8 aliphatic carbocycles. The Hall–Kier alpha value is -2.16. The Morgan fingerprint density at radius 3 is 1.76 bits per heavy atom. The lowest BCUT2D eigenvalue weighted by atomic mass is 9.50. The molecule has 9 rings (SSSR count). The summed E-state index contributed by atoms with van der Waals surface area (Å²) in [6.07, 6.45) is 14.6. The third-order valence-electron chi connectivity index (χ3n) is 14.0. The van der Waals surface area contributed by atoms with E-state index in [1.807, 2.05) is 27.7 Å². The monoisotopic (exact) mass is 702 g/mol. The molecule has 5 unspecified atom stereocenters. The van der Waals surface area contributed by atoms with Crippen molar-refractivity contribution in [1.29, 1.82) is 0 Å². The maximum atomic E-state index is 12.1. The second-order valence-electron chi connectivity index (χ2n) is 18.4. The fraction of sp³-hybridized carbons (Fsp3) is 0.902. The van der Waals surface area contributed by atoms with E-state index in [0.29, 0.717) is 49.5 Å². The molecule has 0 amide bonds. The lowest BCUT2D eigenvalue weighted by Crippen LogP contribution is -2.60. The van der Waals surface area contributed by atoms with Gasteiger partial charge in [-0.2, -0.15) is 0 Å². The molecule has 1 heterocycles. The number of rotatable bonds is 9. The summed E-state index contributed by atoms with van der Waals surface area (Å²) >= 11 is 0. The summed E-state index contributed by atoms with van der Waals surface area (Å²) in [6, 6.07) is 0. The van der Waals surface area contributed by atoms with E-state index < -0.39 is 23.1 Å². The van der Waals surface area contributed by atoms with E-state index in [9.17, 15) is 24.3 Å². The normalized spacial score (nSPS) is 40.0. The van der Waals surface area contributed by atoms with Crippen LogP contribution in [0.15, 0.2) is 0 Å². The van der Waals surface area contributed by atoms with Crippen LogP contribution in [0.25, 0.3) is 0 Å². The second-order valence-corrected chi connectivity index (χ2v) is 18.4. The number of ether oxygens (including phenoxy) is 4. The largest absolute Gasteiger partial charge is 0.463 e. The molecule has 9 nitrogen and oxygen atoms in total. The van der Waals surface area contributed by atoms with Crippen molar-refractivity contribution in [3.05, 3.63) is 0 Å². The third kappa shape index (κ3) is 8.39. The average Bonchev–Trinajstić information content (AvgIpc) is 3.45. The Morgan fingerprint density at radius 2 is 1.32 bits per heavy atom. The molecule has 1 N–H and O–H groups in total. The number of carbonyl (C=O) groups excluding carboxylic acids is 4. The molecular formula is C41H66O9. The molecule has 8 saturated carbocycles. The van der Waals surface area contributed by atoms with Crippen LogP contribution in [-0.4, -0.2) is 58.5 Å². The first-order valence-corrected chi connectivity index (χ1v) is 20.0. The highest BCUT2D eigenvalue weighted by atomic mass is 16.6. The predicted molar refractivity (Wildman–Crippen MR) is 188 cm³/mol. The van der Waals surface area contributed by atoms with Crippen molar-refractivity contribution in [3.63, 3.8) is 0 Å². The topological polar surface area (TPSA) is 125 Å². The first kappa shape index (κ1) is 39.1. The summed E-state index contributed by atoms with van der Waals surface area (Å²) < 4.78 is 21.7. The summed E-state index contributed by atoms with van der Waals surface area (Å²) in [7, 11) is 0. The van der Waals surface area contributed by atoms with Crippen molar-refractivity contribution in [2.24, 2.45) is 52.8 Å². The van der Waals surface area contributed by atoms with Crippen LogP contribution < -0.4 is 0 Å². The third-order valence-corrected chi connectivity index (χ3v) is 14.0. The van der Waals surface area contributed by atoms with E-state index in [4.69, 9.17) is 18.9 Å². The highest BCUT2D eigenvalue weighted by molar-refractivity contribution is 5.82. The second kappa shape index (κ2) is 15.1. The number of aliphatic hydroxyl groups is 1. The molecule has 8 bridgehead atoms. The summed E-state index contributed by atoms with van der Waals surface area (Å²) in [5.74, 6) is 3.53. The molecule has 0 aromatic rings. The number of hydrogen-bond donors (Lipinski definition) is 1. The predicted octanol–water partition coefficient (Wildman–Crippen LogP) is 7.73. The lowest BCUT2D eigenvalue weighted by molar-refractivity contribution is -0.222. The Balaban J connectivity index is 0.000000147. The van der Waals surface area contributed by atoms with Crippen molar-refractivity contribution < 1.29 is 43.2 Å². The van der Waals surface area contributed by atoms with Gasteiger partial charge in [-0.1, -0.05) is 34.6 Å². The molecule has 0 aromatic carbocycles. The molecule has 50 heavy (non-hydrogen) atoms. The van der Waals surface area contributed by atoms with Gasteiger partial charge in [-0.15, -0.1) is 0 Å². The standard InChI is InChI=1S/C16H26O2.C15H24O3.C10H16O4/c1-4-10(2)15(17)18-16(3)13-6-11-5-12(8-13)9-14(16)7-11;1-3-10(2)13(16)18-15-7-11-4-12(8-15)6-14(17,5-11)9-15;1-4-10(2,3)9(12)14-7-5-6-13-8(7)11/h10-14H,4-9H2,1-3H3;10-12,17H,3-9H2,1-2H3;7H,4-6H2,1-3H3. The van der Waals surface area contributed by atoms with Crippen LogP contribution in [0, 0.1) is 52.8 Å². The van der Waals surface area contributed by atoms with Crippen molar-refractivity contribution >= 4 is 23.9 Å². The van der Waals surface area contributed by atoms with Gasteiger partial charge in [0.1, 0.15) is 11.2 Å². The van der Waals surface area contributed by atoms with Crippen molar-refractivity contribution in [2.45, 2.75) is 175 Å². The van der Waals surface area contributed by atoms with E-state index in [2.05, 4.69) is 13.8 Å². The van der Waals surface area contributed by atoms with E-state index in [1.165, 1.54) is 38.5 Å². The maximum Gasteiger partial charge on any atom is 0.347 e. The summed E-state index contributed by atoms with van der Waals surface area (Å²) in [4.78, 5) is 46.8. The summed E-state index contributed by atoms with van der Waals surface area (Å²) in [6.45, 7) is 16.1. The highest BCUT2D eigenvalue weighted by Gasteiger charge is 2.59.